The van der Waals surface area contributed by atoms with Gasteiger partial charge in [0, 0.05) is 15.6 Å². The average molecular weight is 442 g/mol. The van der Waals surface area contributed by atoms with Crippen LogP contribution >= 0.6 is 23.5 Å². The van der Waals surface area contributed by atoms with E-state index in [1.54, 1.807) is 24.3 Å². The summed E-state index contributed by atoms with van der Waals surface area (Å²) in [5.41, 5.74) is 6.64. The molecule has 0 bridgehead atoms. The van der Waals surface area contributed by atoms with Crippen molar-refractivity contribution in [2.45, 2.75) is 22.4 Å². The summed E-state index contributed by atoms with van der Waals surface area (Å²) < 4.78 is 0. The van der Waals surface area contributed by atoms with Gasteiger partial charge in [-0.25, -0.2) is 4.79 Å². The van der Waals surface area contributed by atoms with E-state index in [4.69, 9.17) is 5.73 Å². The van der Waals surface area contributed by atoms with E-state index < -0.39 is 35.2 Å². The van der Waals surface area contributed by atoms with E-state index in [0.29, 0.717) is 16.2 Å². The number of fused-ring (bicyclic) bond motifs is 1. The number of amides is 2. The number of nitrogens with zero attached hydrogens (tertiary/aromatic N) is 1. The number of hydrogen-bond donors (Lipinski definition) is 3. The third-order valence-corrected chi connectivity index (χ3v) is 7.41. The van der Waals surface area contributed by atoms with Gasteiger partial charge >= 0.3 is 5.97 Å². The summed E-state index contributed by atoms with van der Waals surface area (Å²) in [6, 6.07) is 16.6. The number of thioether (sulfide) groups is 2. The van der Waals surface area contributed by atoms with E-state index >= 15 is 0 Å². The molecule has 2 heterocycles. The first-order valence-electron chi connectivity index (χ1n) is 9.22. The van der Waals surface area contributed by atoms with Crippen molar-refractivity contribution in [3.63, 3.8) is 0 Å². The number of benzene rings is 2. The summed E-state index contributed by atoms with van der Waals surface area (Å²) in [6.07, 6.45) is 0. The van der Waals surface area contributed by atoms with Gasteiger partial charge in [0.05, 0.1) is 0 Å². The predicted octanol–water partition coefficient (Wildman–Crippen LogP) is 2.17. The Labute approximate surface area is 181 Å². The molecule has 30 heavy (non-hydrogen) atoms. The molecular weight excluding hydrogens is 422 g/mol. The Morgan fingerprint density at radius 1 is 1.13 bits per heavy atom. The van der Waals surface area contributed by atoms with Gasteiger partial charge in [-0.05, 0) is 17.7 Å². The molecule has 2 aromatic carbocycles. The molecule has 0 unspecified atom stereocenters. The smallest absolute Gasteiger partial charge is 0.353 e. The highest BCUT2D eigenvalue weighted by atomic mass is 32.2. The molecule has 4 N–H and O–H groups in total. The molecule has 9 heteroatoms. The maximum atomic E-state index is 12.8. The van der Waals surface area contributed by atoms with E-state index in [9.17, 15) is 19.5 Å². The fraction of sp³-hybridized carbons (Fsp3) is 0.190. The molecule has 0 saturated carbocycles. The molecule has 3 atom stereocenters. The molecular formula is C21H19N3O4S2. The molecule has 2 aromatic rings. The van der Waals surface area contributed by atoms with Crippen LogP contribution in [-0.4, -0.2) is 45.0 Å². The van der Waals surface area contributed by atoms with Crippen LogP contribution in [0.3, 0.4) is 0 Å². The zero-order valence-corrected chi connectivity index (χ0v) is 17.4. The number of nitrogens with two attached hydrogens (primary N) is 1. The Bertz CT molecular complexity index is 1010. The highest BCUT2D eigenvalue weighted by molar-refractivity contribution is 8.06. The van der Waals surface area contributed by atoms with Crippen molar-refractivity contribution in [1.82, 2.24) is 10.2 Å². The summed E-state index contributed by atoms with van der Waals surface area (Å²) >= 11 is 2.77. The lowest BCUT2D eigenvalue weighted by Gasteiger charge is -2.49. The first-order chi connectivity index (χ1) is 14.5. The Morgan fingerprint density at radius 3 is 2.40 bits per heavy atom. The molecule has 1 saturated heterocycles. The van der Waals surface area contributed by atoms with Gasteiger partial charge in [0.25, 0.3) is 5.91 Å². The third kappa shape index (κ3) is 3.83. The molecule has 4 rings (SSSR count). The van der Waals surface area contributed by atoms with Crippen LogP contribution in [0.15, 0.2) is 76.2 Å². The van der Waals surface area contributed by atoms with Crippen LogP contribution in [0, 0.1) is 0 Å². The topological polar surface area (TPSA) is 113 Å². The third-order valence-electron chi connectivity index (χ3n) is 4.86. The van der Waals surface area contributed by atoms with Gasteiger partial charge in [-0.3, -0.25) is 14.5 Å². The number of rotatable bonds is 6. The minimum absolute atomic E-state index is 0.0181. The van der Waals surface area contributed by atoms with Crippen LogP contribution in [-0.2, 0) is 14.4 Å². The summed E-state index contributed by atoms with van der Waals surface area (Å²) in [5, 5.41) is 12.0. The van der Waals surface area contributed by atoms with Gasteiger partial charge in [-0.2, -0.15) is 0 Å². The van der Waals surface area contributed by atoms with Crippen LogP contribution in [0.2, 0.25) is 0 Å². The highest BCUT2D eigenvalue weighted by Gasteiger charge is 2.54. The second-order valence-electron chi connectivity index (χ2n) is 6.78. The van der Waals surface area contributed by atoms with Crippen LogP contribution < -0.4 is 11.1 Å². The zero-order valence-electron chi connectivity index (χ0n) is 15.7. The van der Waals surface area contributed by atoms with Gasteiger partial charge in [-0.1, -0.05) is 60.3 Å². The molecule has 0 spiro atoms. The van der Waals surface area contributed by atoms with Gasteiger partial charge in [0.2, 0.25) is 5.91 Å². The number of carbonyl (C=O) groups is 3. The maximum absolute atomic E-state index is 12.8. The lowest BCUT2D eigenvalue weighted by molar-refractivity contribution is -0.150. The van der Waals surface area contributed by atoms with Crippen molar-refractivity contribution in [2.24, 2.45) is 5.73 Å². The van der Waals surface area contributed by atoms with Crippen molar-refractivity contribution >= 4 is 41.3 Å². The first-order valence-corrected chi connectivity index (χ1v) is 11.1. The molecule has 2 amide bonds. The molecule has 0 aliphatic carbocycles. The minimum atomic E-state index is -1.15. The van der Waals surface area contributed by atoms with Crippen LogP contribution in [0.4, 0.5) is 0 Å². The maximum Gasteiger partial charge on any atom is 0.353 e. The van der Waals surface area contributed by atoms with Crippen molar-refractivity contribution in [3.05, 3.63) is 76.8 Å². The summed E-state index contributed by atoms with van der Waals surface area (Å²) in [5.74, 6) is -1.63. The minimum Gasteiger partial charge on any atom is -0.477 e. The number of aliphatic carboxylic acids is 1. The van der Waals surface area contributed by atoms with Crippen LogP contribution in [0.25, 0.3) is 0 Å². The van der Waals surface area contributed by atoms with Crippen molar-refractivity contribution in [1.29, 1.82) is 0 Å². The Balaban J connectivity index is 1.50. The standard InChI is InChI=1S/C21H19N3O4S2/c22-15(12-7-3-1-4-8-12)18(25)23-16-19(26)24-17(21(27)28)14(11-29-20(16)24)30-13-9-5-2-6-10-13/h1-10,15-16,20H,11,22H2,(H,23,25)(H,27,28)/t15-,16+,20-/m0/s1. The Morgan fingerprint density at radius 2 is 1.77 bits per heavy atom. The number of carboxylic acid groups (broad SMARTS) is 1. The molecule has 1 fully saturated rings. The largest absolute Gasteiger partial charge is 0.477 e. The van der Waals surface area contributed by atoms with E-state index in [1.807, 2.05) is 36.4 Å². The fourth-order valence-corrected chi connectivity index (χ4v) is 5.85. The van der Waals surface area contributed by atoms with Crippen molar-refractivity contribution < 1.29 is 19.5 Å². The highest BCUT2D eigenvalue weighted by Crippen LogP contribution is 2.45. The lowest BCUT2D eigenvalue weighted by atomic mass is 10.0. The summed E-state index contributed by atoms with van der Waals surface area (Å²) in [7, 11) is 0. The number of carboxylic acids is 1. The normalized spacial score (nSPS) is 21.5. The van der Waals surface area contributed by atoms with Gasteiger partial charge in [0.15, 0.2) is 0 Å². The quantitative estimate of drug-likeness (QED) is 0.589. The van der Waals surface area contributed by atoms with Crippen LogP contribution in [0.1, 0.15) is 11.6 Å². The molecule has 2 aliphatic rings. The predicted molar refractivity (Wildman–Crippen MR) is 115 cm³/mol. The van der Waals surface area contributed by atoms with E-state index in [0.717, 1.165) is 4.90 Å². The first kappa shape index (κ1) is 20.5. The molecule has 0 aromatic heterocycles. The van der Waals surface area contributed by atoms with Crippen molar-refractivity contribution in [3.8, 4) is 0 Å². The SMILES string of the molecule is N[C@H](C(=O)N[C@@H]1C(=O)N2C(C(=O)O)=C(Sc3ccccc3)CS[C@@H]12)c1ccccc1. The second kappa shape index (κ2) is 8.55. The molecule has 7 nitrogen and oxygen atoms in total. The summed E-state index contributed by atoms with van der Waals surface area (Å²) in [6.45, 7) is 0. The van der Waals surface area contributed by atoms with Crippen LogP contribution in [0.5, 0.6) is 0 Å². The number of nitrogens with one attached hydrogen (secondary N) is 1. The summed E-state index contributed by atoms with van der Waals surface area (Å²) in [4.78, 5) is 40.0. The Hall–Kier alpha value is -2.75. The number of carbonyl (C=O) groups excluding carboxylic acids is 2. The van der Waals surface area contributed by atoms with Gasteiger partial charge in [0.1, 0.15) is 23.2 Å². The average Bonchev–Trinajstić information content (AvgIpc) is 2.77. The fourth-order valence-electron chi connectivity index (χ4n) is 3.35. The molecule has 0 radical (unpaired) electrons. The zero-order chi connectivity index (χ0) is 21.3. The monoisotopic (exact) mass is 441 g/mol. The van der Waals surface area contributed by atoms with E-state index in [2.05, 4.69) is 5.32 Å². The second-order valence-corrected chi connectivity index (χ2v) is 9.05. The van der Waals surface area contributed by atoms with Gasteiger partial charge < -0.3 is 16.2 Å². The van der Waals surface area contributed by atoms with Gasteiger partial charge in [-0.15, -0.1) is 11.8 Å². The molecule has 2 aliphatic heterocycles. The lowest BCUT2D eigenvalue weighted by Crippen LogP contribution is -2.71. The Kier molecular flexibility index (Phi) is 5.85. The van der Waals surface area contributed by atoms with E-state index in [1.165, 1.54) is 28.4 Å². The molecule has 154 valence electrons. The number of hydrogen-bond acceptors (Lipinski definition) is 6. The van der Waals surface area contributed by atoms with Crippen molar-refractivity contribution in [2.75, 3.05) is 5.75 Å². The number of β-lactam (4-membered cyclic amide) rings is 1. The van der Waals surface area contributed by atoms with E-state index in [-0.39, 0.29) is 5.70 Å².